The molecule has 5 heterocycles. The fourth-order valence-corrected chi connectivity index (χ4v) is 6.12. The van der Waals surface area contributed by atoms with Crippen LogP contribution in [0.15, 0.2) is 42.0 Å². The quantitative estimate of drug-likeness (QED) is 0.569. The van der Waals surface area contributed by atoms with Gasteiger partial charge in [0.1, 0.15) is 17.9 Å². The first-order valence-corrected chi connectivity index (χ1v) is 12.0. The molecule has 2 unspecified atom stereocenters. The second-order valence-corrected chi connectivity index (χ2v) is 9.72. The number of benzene rings is 1. The Labute approximate surface area is 197 Å². The molecule has 3 saturated heterocycles. The summed E-state index contributed by atoms with van der Waals surface area (Å²) >= 11 is 1.38. The standard InChI is InChI=1S/C23H21F2N5O3S/c24-15-11-14(12-16(25)13-15)18-1-2-19-29(18)22(32)23(33-19)4-8-28(9-5-23)20(31)17-3-10-34-21(17)30-26-6-7-27-30/h3,6-7,10-13,18-19H,1-2,4-5,8-9H2. The lowest BCUT2D eigenvalue weighted by Gasteiger charge is -2.37. The number of ether oxygens (including phenoxy) is 1. The highest BCUT2D eigenvalue weighted by molar-refractivity contribution is 7.12. The Kier molecular flexibility index (Phi) is 4.99. The van der Waals surface area contributed by atoms with E-state index in [1.165, 1.54) is 28.3 Å². The molecule has 11 heteroatoms. The second-order valence-electron chi connectivity index (χ2n) is 8.83. The number of likely N-dealkylation sites (tertiary alicyclic amines) is 1. The maximum Gasteiger partial charge on any atom is 0.257 e. The van der Waals surface area contributed by atoms with Gasteiger partial charge in [-0.1, -0.05) is 0 Å². The summed E-state index contributed by atoms with van der Waals surface area (Å²) < 4.78 is 33.9. The third-order valence-corrected chi connectivity index (χ3v) is 7.80. The summed E-state index contributed by atoms with van der Waals surface area (Å²) in [5.74, 6) is -1.62. The number of halogens is 2. The van der Waals surface area contributed by atoms with Crippen molar-refractivity contribution in [3.8, 4) is 5.00 Å². The monoisotopic (exact) mass is 485 g/mol. The van der Waals surface area contributed by atoms with E-state index in [1.807, 2.05) is 5.38 Å². The average Bonchev–Trinajstić information content (AvgIpc) is 3.60. The number of nitrogens with zero attached hydrogens (tertiary/aromatic N) is 5. The Morgan fingerprint density at radius 2 is 1.79 bits per heavy atom. The Morgan fingerprint density at radius 3 is 2.50 bits per heavy atom. The minimum atomic E-state index is -1.01. The first-order valence-electron chi connectivity index (χ1n) is 11.2. The van der Waals surface area contributed by atoms with Gasteiger partial charge in [-0.2, -0.15) is 10.2 Å². The van der Waals surface area contributed by atoms with E-state index in [0.29, 0.717) is 54.9 Å². The van der Waals surface area contributed by atoms with Crippen molar-refractivity contribution in [3.63, 3.8) is 0 Å². The SMILES string of the molecule is O=C(c1ccsc1-n1nccn1)N1CCC2(CC1)OC1CCC(c3cc(F)cc(F)c3)N1C2=O. The number of rotatable bonds is 3. The first kappa shape index (κ1) is 21.4. The van der Waals surface area contributed by atoms with Gasteiger partial charge in [-0.25, -0.2) is 8.78 Å². The number of fused-ring (bicyclic) bond motifs is 1. The van der Waals surface area contributed by atoms with E-state index in [0.717, 1.165) is 6.07 Å². The van der Waals surface area contributed by atoms with E-state index in [2.05, 4.69) is 10.2 Å². The number of aromatic nitrogens is 3. The maximum absolute atomic E-state index is 13.8. The van der Waals surface area contributed by atoms with E-state index in [-0.39, 0.29) is 11.8 Å². The van der Waals surface area contributed by atoms with Crippen molar-refractivity contribution < 1.29 is 23.1 Å². The van der Waals surface area contributed by atoms with E-state index in [9.17, 15) is 18.4 Å². The minimum Gasteiger partial charge on any atom is -0.342 e. The van der Waals surface area contributed by atoms with Gasteiger partial charge in [-0.05, 0) is 42.0 Å². The molecular weight excluding hydrogens is 464 g/mol. The van der Waals surface area contributed by atoms with Crippen molar-refractivity contribution in [2.24, 2.45) is 0 Å². The first-order chi connectivity index (χ1) is 16.4. The van der Waals surface area contributed by atoms with Crippen molar-refractivity contribution in [1.82, 2.24) is 24.8 Å². The molecule has 3 aromatic rings. The number of thiophene rings is 1. The molecule has 176 valence electrons. The molecule has 3 fully saturated rings. The summed E-state index contributed by atoms with van der Waals surface area (Å²) in [4.78, 5) is 31.5. The van der Waals surface area contributed by atoms with Gasteiger partial charge in [0.05, 0.1) is 24.0 Å². The molecule has 2 atom stereocenters. The van der Waals surface area contributed by atoms with Crippen LogP contribution >= 0.6 is 11.3 Å². The zero-order valence-corrected chi connectivity index (χ0v) is 18.9. The molecule has 1 aromatic carbocycles. The summed E-state index contributed by atoms with van der Waals surface area (Å²) in [5.41, 5.74) is -0.0454. The molecular formula is C23H21F2N5O3S. The fourth-order valence-electron chi connectivity index (χ4n) is 5.32. The summed E-state index contributed by atoms with van der Waals surface area (Å²) in [6.45, 7) is 0.735. The van der Waals surface area contributed by atoms with Gasteiger partial charge >= 0.3 is 0 Å². The molecule has 0 N–H and O–H groups in total. The smallest absolute Gasteiger partial charge is 0.257 e. The average molecular weight is 486 g/mol. The Hall–Kier alpha value is -3.18. The van der Waals surface area contributed by atoms with Crippen LogP contribution in [-0.4, -0.2) is 61.5 Å². The Morgan fingerprint density at radius 1 is 1.09 bits per heavy atom. The molecule has 3 aliphatic heterocycles. The molecule has 1 spiro atoms. The molecule has 2 aromatic heterocycles. The van der Waals surface area contributed by atoms with Gasteiger partial charge in [0, 0.05) is 32.0 Å². The van der Waals surface area contributed by atoms with Crippen molar-refractivity contribution in [2.75, 3.05) is 13.1 Å². The molecule has 0 bridgehead atoms. The summed E-state index contributed by atoms with van der Waals surface area (Å²) in [6.07, 6.45) is 4.62. The van der Waals surface area contributed by atoms with Crippen LogP contribution < -0.4 is 0 Å². The third kappa shape index (κ3) is 3.33. The zero-order chi connectivity index (χ0) is 23.4. The lowest BCUT2D eigenvalue weighted by atomic mass is 9.89. The molecule has 0 aliphatic carbocycles. The predicted molar refractivity (Wildman–Crippen MR) is 117 cm³/mol. The highest BCUT2D eigenvalue weighted by Crippen LogP contribution is 2.48. The molecule has 6 rings (SSSR count). The van der Waals surface area contributed by atoms with E-state index in [1.54, 1.807) is 28.3 Å². The number of piperidine rings is 1. The van der Waals surface area contributed by atoms with Crippen LogP contribution in [0.3, 0.4) is 0 Å². The van der Waals surface area contributed by atoms with Crippen LogP contribution in [0.1, 0.15) is 47.6 Å². The van der Waals surface area contributed by atoms with Gasteiger partial charge in [0.2, 0.25) is 0 Å². The lowest BCUT2D eigenvalue weighted by Crippen LogP contribution is -2.51. The van der Waals surface area contributed by atoms with Gasteiger partial charge in [-0.3, -0.25) is 9.59 Å². The summed E-state index contributed by atoms with van der Waals surface area (Å²) in [7, 11) is 0. The van der Waals surface area contributed by atoms with Crippen molar-refractivity contribution >= 4 is 23.2 Å². The second kappa shape index (κ2) is 7.95. The van der Waals surface area contributed by atoms with Crippen LogP contribution in [0.25, 0.3) is 5.00 Å². The number of hydrogen-bond acceptors (Lipinski definition) is 6. The normalized spacial score (nSPS) is 23.6. The van der Waals surface area contributed by atoms with Crippen molar-refractivity contribution in [3.05, 3.63) is 64.8 Å². The number of hydrogen-bond donors (Lipinski definition) is 0. The largest absolute Gasteiger partial charge is 0.342 e. The molecule has 0 saturated carbocycles. The predicted octanol–water partition coefficient (Wildman–Crippen LogP) is 3.30. The van der Waals surface area contributed by atoms with Crippen LogP contribution in [0.2, 0.25) is 0 Å². The van der Waals surface area contributed by atoms with Crippen LogP contribution in [0, 0.1) is 11.6 Å². The van der Waals surface area contributed by atoms with Crippen LogP contribution in [0.4, 0.5) is 8.78 Å². The van der Waals surface area contributed by atoms with Gasteiger partial charge in [-0.15, -0.1) is 16.1 Å². The third-order valence-electron chi connectivity index (χ3n) is 6.92. The molecule has 0 radical (unpaired) electrons. The van der Waals surface area contributed by atoms with Gasteiger partial charge in [0.15, 0.2) is 10.6 Å². The van der Waals surface area contributed by atoms with Crippen LogP contribution in [-0.2, 0) is 9.53 Å². The molecule has 2 amide bonds. The lowest BCUT2D eigenvalue weighted by molar-refractivity contribution is -0.142. The molecule has 34 heavy (non-hydrogen) atoms. The van der Waals surface area contributed by atoms with Crippen molar-refractivity contribution in [2.45, 2.75) is 43.6 Å². The number of carbonyl (C=O) groups excluding carboxylic acids is 2. The fraction of sp³-hybridized carbons (Fsp3) is 0.391. The number of amides is 2. The maximum atomic E-state index is 13.8. The van der Waals surface area contributed by atoms with Crippen LogP contribution in [0.5, 0.6) is 0 Å². The summed E-state index contributed by atoms with van der Waals surface area (Å²) in [6, 6.07) is 4.72. The topological polar surface area (TPSA) is 80.6 Å². The number of carbonyl (C=O) groups is 2. The van der Waals surface area contributed by atoms with Crippen molar-refractivity contribution in [1.29, 1.82) is 0 Å². The minimum absolute atomic E-state index is 0.137. The Balaban J connectivity index is 1.18. The highest BCUT2D eigenvalue weighted by atomic mass is 32.1. The van der Waals surface area contributed by atoms with Gasteiger partial charge < -0.3 is 14.5 Å². The highest BCUT2D eigenvalue weighted by Gasteiger charge is 2.58. The molecule has 8 nitrogen and oxygen atoms in total. The van der Waals surface area contributed by atoms with Gasteiger partial charge in [0.25, 0.3) is 11.8 Å². The van der Waals surface area contributed by atoms with E-state index in [4.69, 9.17) is 4.74 Å². The zero-order valence-electron chi connectivity index (χ0n) is 18.1. The van der Waals surface area contributed by atoms with E-state index < -0.39 is 29.5 Å². The van der Waals surface area contributed by atoms with E-state index >= 15 is 0 Å². The molecule has 3 aliphatic rings. The Bertz CT molecular complexity index is 1240. The summed E-state index contributed by atoms with van der Waals surface area (Å²) in [5, 5.41) is 10.7.